The molecule has 2 aliphatic rings. The average Bonchev–Trinajstić information content (AvgIpc) is 3.40. The monoisotopic (exact) mass is 419 g/mol. The molecule has 1 aromatic carbocycles. The Hall–Kier alpha value is -2.50. The lowest BCUT2D eigenvalue weighted by atomic mass is 10.1. The standard InChI is InChI=1S/C18H18ClN5O5/c1-26-9-4-2-8(3-5-9)17-28-12-10(6-25)27-16(13(12)29-17)24-15-11(23-18(24)19)14(20)21-7-22-15/h2-5,7,10,12-13,16-17,25H,6H2,1H3,(H2,20,21,22)/t10-,12-,13-,16-,17?/m1/s1. The molecule has 0 saturated carbocycles. The largest absolute Gasteiger partial charge is 0.497 e. The van der Waals surface area contributed by atoms with Crippen LogP contribution in [-0.4, -0.2) is 56.7 Å². The molecule has 5 rings (SSSR count). The molecule has 5 atom stereocenters. The van der Waals surface area contributed by atoms with Gasteiger partial charge in [0.05, 0.1) is 13.7 Å². The highest BCUT2D eigenvalue weighted by atomic mass is 35.5. The number of ether oxygens (including phenoxy) is 4. The van der Waals surface area contributed by atoms with Crippen LogP contribution in [-0.2, 0) is 14.2 Å². The minimum atomic E-state index is -0.702. The molecule has 0 spiro atoms. The maximum atomic E-state index is 9.80. The molecule has 3 N–H and O–H groups in total. The SMILES string of the molecule is COc1ccc(C2O[C@@H]3[C@H](O2)[C@@H](CO)O[C@H]3n2c(Cl)nc3c(N)ncnc32)cc1. The van der Waals surface area contributed by atoms with E-state index in [0.717, 1.165) is 11.3 Å². The van der Waals surface area contributed by atoms with Gasteiger partial charge in [-0.2, -0.15) is 0 Å². The molecule has 2 fully saturated rings. The molecule has 4 heterocycles. The van der Waals surface area contributed by atoms with Crippen LogP contribution in [0, 0.1) is 0 Å². The van der Waals surface area contributed by atoms with Gasteiger partial charge in [-0.1, -0.05) is 12.1 Å². The van der Waals surface area contributed by atoms with Crippen molar-refractivity contribution in [2.45, 2.75) is 30.8 Å². The number of anilines is 1. The molecule has 0 radical (unpaired) electrons. The number of nitrogens with two attached hydrogens (primary N) is 1. The lowest BCUT2D eigenvalue weighted by Crippen LogP contribution is -2.30. The Morgan fingerprint density at radius 3 is 2.66 bits per heavy atom. The second kappa shape index (κ2) is 7.08. The highest BCUT2D eigenvalue weighted by Gasteiger charge is 2.54. The number of aromatic nitrogens is 4. The van der Waals surface area contributed by atoms with Crippen molar-refractivity contribution < 1.29 is 24.1 Å². The summed E-state index contributed by atoms with van der Waals surface area (Å²) >= 11 is 6.36. The zero-order valence-electron chi connectivity index (χ0n) is 15.3. The summed E-state index contributed by atoms with van der Waals surface area (Å²) in [4.78, 5) is 12.4. The molecule has 11 heteroatoms. The van der Waals surface area contributed by atoms with E-state index in [1.165, 1.54) is 6.33 Å². The molecule has 3 aromatic rings. The van der Waals surface area contributed by atoms with E-state index in [-0.39, 0.29) is 17.7 Å². The van der Waals surface area contributed by atoms with Crippen molar-refractivity contribution in [2.24, 2.45) is 0 Å². The fourth-order valence-corrected chi connectivity index (χ4v) is 3.99. The topological polar surface area (TPSA) is 127 Å². The summed E-state index contributed by atoms with van der Waals surface area (Å²) in [5, 5.41) is 9.93. The number of aliphatic hydroxyl groups is 1. The van der Waals surface area contributed by atoms with E-state index in [0.29, 0.717) is 11.2 Å². The Morgan fingerprint density at radius 2 is 1.93 bits per heavy atom. The van der Waals surface area contributed by atoms with Gasteiger partial charge in [0, 0.05) is 5.56 Å². The van der Waals surface area contributed by atoms with Gasteiger partial charge >= 0.3 is 0 Å². The van der Waals surface area contributed by atoms with Crippen molar-refractivity contribution in [3.63, 3.8) is 0 Å². The Labute approximate surface area is 170 Å². The Morgan fingerprint density at radius 1 is 1.17 bits per heavy atom. The number of halogens is 1. The molecule has 0 bridgehead atoms. The van der Waals surface area contributed by atoms with Gasteiger partial charge in [-0.15, -0.1) is 0 Å². The van der Waals surface area contributed by atoms with E-state index in [1.807, 2.05) is 24.3 Å². The first-order chi connectivity index (χ1) is 14.1. The summed E-state index contributed by atoms with van der Waals surface area (Å²) in [7, 11) is 1.60. The molecule has 0 amide bonds. The molecule has 152 valence electrons. The number of nitrogen functional groups attached to an aromatic ring is 1. The van der Waals surface area contributed by atoms with Gasteiger partial charge < -0.3 is 29.8 Å². The molecule has 2 saturated heterocycles. The van der Waals surface area contributed by atoms with Crippen molar-refractivity contribution in [3.05, 3.63) is 41.4 Å². The Kier molecular flexibility index (Phi) is 4.52. The number of hydrogen-bond acceptors (Lipinski definition) is 9. The first kappa shape index (κ1) is 18.5. The van der Waals surface area contributed by atoms with Gasteiger partial charge in [-0.3, -0.25) is 4.57 Å². The predicted octanol–water partition coefficient (Wildman–Crippen LogP) is 1.44. The van der Waals surface area contributed by atoms with Crippen molar-refractivity contribution in [2.75, 3.05) is 19.5 Å². The van der Waals surface area contributed by atoms with Crippen molar-refractivity contribution in [1.29, 1.82) is 0 Å². The summed E-state index contributed by atoms with van der Waals surface area (Å²) < 4.78 is 25.0. The number of nitrogens with zero attached hydrogens (tertiary/aromatic N) is 4. The summed E-state index contributed by atoms with van der Waals surface area (Å²) in [6.45, 7) is -0.238. The van der Waals surface area contributed by atoms with Gasteiger partial charge in [-0.05, 0) is 23.7 Å². The lowest BCUT2D eigenvalue weighted by Gasteiger charge is -2.21. The number of rotatable bonds is 4. The molecule has 10 nitrogen and oxygen atoms in total. The van der Waals surface area contributed by atoms with Crippen LogP contribution < -0.4 is 10.5 Å². The van der Waals surface area contributed by atoms with E-state index in [9.17, 15) is 5.11 Å². The number of methoxy groups -OCH3 is 1. The number of fused-ring (bicyclic) bond motifs is 2. The third-order valence-electron chi connectivity index (χ3n) is 5.13. The molecule has 0 aliphatic carbocycles. The fourth-order valence-electron chi connectivity index (χ4n) is 3.73. The van der Waals surface area contributed by atoms with Gasteiger partial charge in [-0.25, -0.2) is 15.0 Å². The van der Waals surface area contributed by atoms with Crippen molar-refractivity contribution >= 4 is 28.6 Å². The maximum Gasteiger partial charge on any atom is 0.207 e. The van der Waals surface area contributed by atoms with E-state index in [2.05, 4.69) is 15.0 Å². The zero-order valence-corrected chi connectivity index (χ0v) is 16.1. The van der Waals surface area contributed by atoms with E-state index in [1.54, 1.807) is 11.7 Å². The van der Waals surface area contributed by atoms with Crippen LogP contribution in [0.2, 0.25) is 5.28 Å². The number of aliphatic hydroxyl groups excluding tert-OH is 1. The van der Waals surface area contributed by atoms with Crippen LogP contribution in [0.1, 0.15) is 18.1 Å². The highest BCUT2D eigenvalue weighted by Crippen LogP contribution is 2.45. The predicted molar refractivity (Wildman–Crippen MR) is 101 cm³/mol. The van der Waals surface area contributed by atoms with Crippen LogP contribution in [0.25, 0.3) is 11.2 Å². The van der Waals surface area contributed by atoms with Crippen LogP contribution in [0.3, 0.4) is 0 Å². The summed E-state index contributed by atoms with van der Waals surface area (Å²) in [5.74, 6) is 0.943. The molecule has 2 aliphatic heterocycles. The lowest BCUT2D eigenvalue weighted by molar-refractivity contribution is -0.153. The zero-order chi connectivity index (χ0) is 20.1. The first-order valence-corrected chi connectivity index (χ1v) is 9.33. The number of imidazole rings is 1. The first-order valence-electron chi connectivity index (χ1n) is 8.95. The number of hydrogen-bond donors (Lipinski definition) is 2. The summed E-state index contributed by atoms with van der Waals surface area (Å²) in [6.07, 6.45) is -1.62. The number of benzene rings is 1. The van der Waals surface area contributed by atoms with Gasteiger partial charge in [0.2, 0.25) is 5.28 Å². The van der Waals surface area contributed by atoms with Crippen LogP contribution >= 0.6 is 11.6 Å². The van der Waals surface area contributed by atoms with E-state index >= 15 is 0 Å². The fraction of sp³-hybridized carbons (Fsp3) is 0.389. The maximum absolute atomic E-state index is 9.80. The second-order valence-electron chi connectivity index (χ2n) is 6.74. The summed E-state index contributed by atoms with van der Waals surface area (Å²) in [6, 6.07) is 7.38. The van der Waals surface area contributed by atoms with E-state index in [4.69, 9.17) is 36.3 Å². The van der Waals surface area contributed by atoms with Crippen LogP contribution in [0.4, 0.5) is 5.82 Å². The van der Waals surface area contributed by atoms with Crippen LogP contribution in [0.5, 0.6) is 5.75 Å². The van der Waals surface area contributed by atoms with Crippen molar-refractivity contribution in [1.82, 2.24) is 19.5 Å². The Balaban J connectivity index is 1.50. The molecular weight excluding hydrogens is 402 g/mol. The highest BCUT2D eigenvalue weighted by molar-refractivity contribution is 6.29. The third kappa shape index (κ3) is 2.92. The van der Waals surface area contributed by atoms with Crippen molar-refractivity contribution in [3.8, 4) is 5.75 Å². The quantitative estimate of drug-likeness (QED) is 0.604. The molecule has 1 unspecified atom stereocenters. The van der Waals surface area contributed by atoms with Gasteiger partial charge in [0.1, 0.15) is 30.4 Å². The third-order valence-corrected chi connectivity index (χ3v) is 5.40. The second-order valence-corrected chi connectivity index (χ2v) is 7.07. The molecule has 29 heavy (non-hydrogen) atoms. The Bertz CT molecular complexity index is 1050. The smallest absolute Gasteiger partial charge is 0.207 e. The average molecular weight is 420 g/mol. The summed E-state index contributed by atoms with van der Waals surface area (Å²) in [5.41, 5.74) is 7.50. The van der Waals surface area contributed by atoms with Gasteiger partial charge in [0.15, 0.2) is 29.5 Å². The molecule has 2 aromatic heterocycles. The minimum absolute atomic E-state index is 0.131. The molecular formula is C18H18ClN5O5. The normalized spacial score (nSPS) is 28.7. The van der Waals surface area contributed by atoms with Crippen LogP contribution in [0.15, 0.2) is 30.6 Å². The minimum Gasteiger partial charge on any atom is -0.497 e. The van der Waals surface area contributed by atoms with Gasteiger partial charge in [0.25, 0.3) is 0 Å². The van der Waals surface area contributed by atoms with E-state index < -0.39 is 30.8 Å².